The van der Waals surface area contributed by atoms with Gasteiger partial charge in [-0.2, -0.15) is 0 Å². The zero-order chi connectivity index (χ0) is 32.8. The van der Waals surface area contributed by atoms with Gasteiger partial charge >= 0.3 is 6.01 Å². The van der Waals surface area contributed by atoms with Crippen LogP contribution >= 0.6 is 0 Å². The van der Waals surface area contributed by atoms with Crippen LogP contribution in [0.5, 0.6) is 11.8 Å². The molecule has 0 bridgehead atoms. The van der Waals surface area contributed by atoms with E-state index in [4.69, 9.17) is 4.74 Å². The van der Waals surface area contributed by atoms with Crippen LogP contribution in [0.25, 0.3) is 11.3 Å². The van der Waals surface area contributed by atoms with Gasteiger partial charge in [0, 0.05) is 56.1 Å². The van der Waals surface area contributed by atoms with Gasteiger partial charge in [0.15, 0.2) is 0 Å². The summed E-state index contributed by atoms with van der Waals surface area (Å²) in [6.07, 6.45) is 8.94. The number of nitrogens with zero attached hydrogens (tertiary/aromatic N) is 5. The van der Waals surface area contributed by atoms with Crippen LogP contribution < -0.4 is 10.1 Å². The van der Waals surface area contributed by atoms with E-state index < -0.39 is 17.6 Å². The number of imide groups is 1. The van der Waals surface area contributed by atoms with Crippen molar-refractivity contribution in [3.05, 3.63) is 101 Å². The number of piperidine rings is 2. The minimum Gasteiger partial charge on any atom is -0.423 e. The van der Waals surface area contributed by atoms with Gasteiger partial charge in [-0.1, -0.05) is 36.4 Å². The topological polar surface area (TPSA) is 118 Å². The summed E-state index contributed by atoms with van der Waals surface area (Å²) in [6.45, 7) is 2.17. The first-order valence-corrected chi connectivity index (χ1v) is 16.6. The fourth-order valence-electron chi connectivity index (χ4n) is 6.97. The molecule has 1 aliphatic carbocycles. The van der Waals surface area contributed by atoms with Gasteiger partial charge in [0.1, 0.15) is 17.5 Å². The standard InChI is InChI=1S/C37H35FN6O4/c38-37(28-7-9-30-26(17-28)22-44(35(30)47)32-11-12-33(45)42-34(32)46)13-15-43(16-14-37)21-23-1-3-25(4-2-23)31-10-8-29(20-39-31)48-36-40-18-27(19-41-36)24-5-6-24/h1-4,7-10,17-20,24,32H,5-6,11-16,21-22H2,(H,42,45,46). The predicted molar refractivity (Wildman–Crippen MR) is 174 cm³/mol. The Balaban J connectivity index is 0.851. The molecule has 1 unspecified atom stereocenters. The summed E-state index contributed by atoms with van der Waals surface area (Å²) in [7, 11) is 0. The van der Waals surface area contributed by atoms with E-state index in [2.05, 4.69) is 37.3 Å². The molecular formula is C37H35FN6O4. The van der Waals surface area contributed by atoms with Crippen molar-refractivity contribution < 1.29 is 23.5 Å². The molecule has 0 radical (unpaired) electrons. The van der Waals surface area contributed by atoms with Crippen molar-refractivity contribution >= 4 is 17.7 Å². The molecule has 2 saturated heterocycles. The third-order valence-electron chi connectivity index (χ3n) is 9.99. The third kappa shape index (κ3) is 6.06. The normalized spacial score (nSPS) is 20.8. The molecule has 10 nitrogen and oxygen atoms in total. The van der Waals surface area contributed by atoms with Crippen LogP contribution in [-0.4, -0.2) is 61.6 Å². The largest absolute Gasteiger partial charge is 0.423 e. The quantitative estimate of drug-likeness (QED) is 0.252. The Morgan fingerprint density at radius 3 is 2.35 bits per heavy atom. The van der Waals surface area contributed by atoms with E-state index in [1.54, 1.807) is 24.4 Å². The van der Waals surface area contributed by atoms with Crippen molar-refractivity contribution in [1.29, 1.82) is 0 Å². The number of ether oxygens (including phenoxy) is 1. The number of pyridine rings is 1. The number of alkyl halides is 1. The smallest absolute Gasteiger partial charge is 0.321 e. The molecule has 8 rings (SSSR count). The zero-order valence-electron chi connectivity index (χ0n) is 26.4. The number of nitrogens with one attached hydrogen (secondary N) is 1. The van der Waals surface area contributed by atoms with Crippen molar-refractivity contribution in [2.24, 2.45) is 0 Å². The molecule has 1 N–H and O–H groups in total. The summed E-state index contributed by atoms with van der Waals surface area (Å²) in [5.41, 5.74) is 4.43. The molecule has 4 aliphatic rings. The van der Waals surface area contributed by atoms with Crippen molar-refractivity contribution in [3.8, 4) is 23.0 Å². The molecule has 2 aromatic heterocycles. The summed E-state index contributed by atoms with van der Waals surface area (Å²) < 4.78 is 22.1. The molecule has 3 fully saturated rings. The number of fused-ring (bicyclic) bond motifs is 1. The van der Waals surface area contributed by atoms with Crippen LogP contribution in [0.15, 0.2) is 73.2 Å². The minimum absolute atomic E-state index is 0.198. The van der Waals surface area contributed by atoms with Crippen LogP contribution in [-0.2, 0) is 28.3 Å². The average molecular weight is 647 g/mol. The highest BCUT2D eigenvalue weighted by molar-refractivity contribution is 6.05. The predicted octanol–water partition coefficient (Wildman–Crippen LogP) is 5.43. The molecular weight excluding hydrogens is 611 g/mol. The van der Waals surface area contributed by atoms with Crippen molar-refractivity contribution in [2.75, 3.05) is 13.1 Å². The summed E-state index contributed by atoms with van der Waals surface area (Å²) in [4.78, 5) is 54.0. The zero-order valence-corrected chi connectivity index (χ0v) is 26.4. The van der Waals surface area contributed by atoms with Crippen molar-refractivity contribution in [3.63, 3.8) is 0 Å². The molecule has 48 heavy (non-hydrogen) atoms. The first kappa shape index (κ1) is 30.3. The Morgan fingerprint density at radius 1 is 0.896 bits per heavy atom. The summed E-state index contributed by atoms with van der Waals surface area (Å²) in [5, 5.41) is 2.32. The van der Waals surface area contributed by atoms with Gasteiger partial charge in [-0.25, -0.2) is 14.4 Å². The number of carbonyl (C=O) groups excluding carboxylic acids is 3. The molecule has 1 saturated carbocycles. The fourth-order valence-corrected chi connectivity index (χ4v) is 6.97. The molecule has 244 valence electrons. The Bertz CT molecular complexity index is 1870. The number of hydrogen-bond donors (Lipinski definition) is 1. The molecule has 1 atom stereocenters. The Hall–Kier alpha value is -5.03. The van der Waals surface area contributed by atoms with E-state index in [-0.39, 0.29) is 24.8 Å². The maximum Gasteiger partial charge on any atom is 0.321 e. The SMILES string of the molecule is O=C1CCC(N2Cc3cc(C4(F)CCN(Cc5ccc(-c6ccc(Oc7ncc(C8CC8)cn7)cn6)cc5)CC4)ccc3C2=O)C(=O)N1. The van der Waals surface area contributed by atoms with Crippen LogP contribution in [0.3, 0.4) is 0 Å². The highest BCUT2D eigenvalue weighted by atomic mass is 19.1. The maximum absolute atomic E-state index is 16.3. The lowest BCUT2D eigenvalue weighted by molar-refractivity contribution is -0.136. The first-order valence-electron chi connectivity index (χ1n) is 16.6. The van der Waals surface area contributed by atoms with E-state index in [1.165, 1.54) is 17.7 Å². The number of likely N-dealkylation sites (tertiary alicyclic amines) is 1. The van der Waals surface area contributed by atoms with Gasteiger partial charge in [-0.3, -0.25) is 29.6 Å². The molecule has 3 aliphatic heterocycles. The summed E-state index contributed by atoms with van der Waals surface area (Å²) in [5.74, 6) is 0.153. The van der Waals surface area contributed by atoms with Gasteiger partial charge < -0.3 is 9.64 Å². The number of rotatable bonds is 8. The molecule has 4 aromatic rings. The molecule has 2 aromatic carbocycles. The number of aromatic nitrogens is 3. The highest BCUT2D eigenvalue weighted by Gasteiger charge is 2.41. The Morgan fingerprint density at radius 2 is 1.67 bits per heavy atom. The van der Waals surface area contributed by atoms with Crippen molar-refractivity contribution in [2.45, 2.75) is 69.2 Å². The second-order valence-corrected chi connectivity index (χ2v) is 13.3. The van der Waals surface area contributed by atoms with Gasteiger partial charge in [-0.15, -0.1) is 0 Å². The first-order chi connectivity index (χ1) is 23.3. The van der Waals surface area contributed by atoms with Gasteiger partial charge in [0.25, 0.3) is 5.91 Å². The fraction of sp³-hybridized carbons (Fsp3) is 0.351. The van der Waals surface area contributed by atoms with Crippen LogP contribution in [0.4, 0.5) is 4.39 Å². The number of amides is 3. The Labute approximate surface area is 277 Å². The number of hydrogen-bond acceptors (Lipinski definition) is 8. The Kier molecular flexibility index (Phi) is 7.71. The number of halogens is 1. The second kappa shape index (κ2) is 12.2. The third-order valence-corrected chi connectivity index (χ3v) is 9.99. The van der Waals surface area contributed by atoms with E-state index in [0.717, 1.165) is 34.5 Å². The molecule has 0 spiro atoms. The summed E-state index contributed by atoms with van der Waals surface area (Å²) in [6, 6.07) is 16.8. The van der Waals surface area contributed by atoms with Crippen LogP contribution in [0.2, 0.25) is 0 Å². The second-order valence-electron chi connectivity index (χ2n) is 13.3. The average Bonchev–Trinajstić information content (AvgIpc) is 3.90. The van der Waals surface area contributed by atoms with Gasteiger partial charge in [0.05, 0.1) is 11.9 Å². The van der Waals surface area contributed by atoms with Gasteiger partial charge in [-0.05, 0) is 78.5 Å². The van der Waals surface area contributed by atoms with Crippen LogP contribution in [0, 0.1) is 0 Å². The highest BCUT2D eigenvalue weighted by Crippen LogP contribution is 2.41. The monoisotopic (exact) mass is 646 g/mol. The minimum atomic E-state index is -1.49. The van der Waals surface area contributed by atoms with E-state index in [0.29, 0.717) is 61.2 Å². The lowest BCUT2D eigenvalue weighted by Gasteiger charge is -2.37. The van der Waals surface area contributed by atoms with Crippen LogP contribution in [0.1, 0.15) is 77.1 Å². The summed E-state index contributed by atoms with van der Waals surface area (Å²) >= 11 is 0. The molecule has 11 heteroatoms. The number of carbonyl (C=O) groups is 3. The van der Waals surface area contributed by atoms with E-state index in [1.807, 2.05) is 36.7 Å². The van der Waals surface area contributed by atoms with E-state index >= 15 is 4.39 Å². The molecule has 5 heterocycles. The van der Waals surface area contributed by atoms with Crippen molar-refractivity contribution in [1.82, 2.24) is 30.1 Å². The molecule has 3 amide bonds. The lowest BCUT2D eigenvalue weighted by atomic mass is 9.84. The maximum atomic E-state index is 16.3. The number of benzene rings is 2. The van der Waals surface area contributed by atoms with E-state index in [9.17, 15) is 14.4 Å². The van der Waals surface area contributed by atoms with Gasteiger partial charge in [0.2, 0.25) is 11.8 Å². The lowest BCUT2D eigenvalue weighted by Crippen LogP contribution is -2.52.